The lowest BCUT2D eigenvalue weighted by Gasteiger charge is -2.43. The van der Waals surface area contributed by atoms with E-state index in [1.165, 1.54) is 72.8 Å². The molecule has 3 aromatic carbocycles. The first kappa shape index (κ1) is 32.6. The number of benzene rings is 3. The molecular formula is C29H25F3O11S. The molecule has 1 aliphatic heterocycles. The van der Waals surface area contributed by atoms with Crippen LogP contribution in [-0.4, -0.2) is 76.3 Å². The van der Waals surface area contributed by atoms with E-state index in [-0.39, 0.29) is 16.7 Å². The smallest absolute Gasteiger partial charge is 0.459 e. The first-order valence-electron chi connectivity index (χ1n) is 12.8. The van der Waals surface area contributed by atoms with Gasteiger partial charge in [0.05, 0.1) is 16.7 Å². The molecule has 44 heavy (non-hydrogen) atoms. The molecule has 0 bridgehead atoms. The van der Waals surface area contributed by atoms with Crippen LogP contribution in [0, 0.1) is 0 Å². The Morgan fingerprint density at radius 1 is 0.705 bits per heavy atom. The Balaban J connectivity index is 1.74. The van der Waals surface area contributed by atoms with Gasteiger partial charge in [-0.25, -0.2) is 14.4 Å². The van der Waals surface area contributed by atoms with E-state index in [4.69, 9.17) is 23.7 Å². The molecule has 3 aromatic rings. The summed E-state index contributed by atoms with van der Waals surface area (Å²) >= 11 is 0. The van der Waals surface area contributed by atoms with E-state index in [1.807, 2.05) is 0 Å². The fraction of sp³-hybridized carbons (Fsp3) is 0.276. The Kier molecular flexibility index (Phi) is 10.4. The summed E-state index contributed by atoms with van der Waals surface area (Å²) in [5.41, 5.74) is -5.94. The monoisotopic (exact) mass is 638 g/mol. The zero-order valence-electron chi connectivity index (χ0n) is 22.8. The van der Waals surface area contributed by atoms with E-state index in [0.29, 0.717) is 0 Å². The molecule has 0 aliphatic carbocycles. The molecule has 0 aromatic heterocycles. The number of methoxy groups -OCH3 is 1. The van der Waals surface area contributed by atoms with Gasteiger partial charge >= 0.3 is 33.5 Å². The molecule has 1 heterocycles. The topological polar surface area (TPSA) is 141 Å². The van der Waals surface area contributed by atoms with Gasteiger partial charge in [0, 0.05) is 7.11 Å². The third kappa shape index (κ3) is 7.79. The van der Waals surface area contributed by atoms with Crippen molar-refractivity contribution >= 4 is 28.0 Å². The molecule has 15 heteroatoms. The fourth-order valence-corrected chi connectivity index (χ4v) is 4.76. The maximum absolute atomic E-state index is 13.5. The second-order valence-corrected chi connectivity index (χ2v) is 10.7. The number of carbonyl (C=O) groups is 3. The summed E-state index contributed by atoms with van der Waals surface area (Å²) in [6.07, 6.45) is -9.81. The lowest BCUT2D eigenvalue weighted by atomic mass is 9.98. The molecule has 1 aliphatic rings. The molecule has 0 spiro atoms. The number of rotatable bonds is 10. The van der Waals surface area contributed by atoms with Gasteiger partial charge in [0.1, 0.15) is 18.8 Å². The third-order valence-corrected chi connectivity index (χ3v) is 7.28. The Labute approximate surface area is 249 Å². The molecular weight excluding hydrogens is 613 g/mol. The van der Waals surface area contributed by atoms with Crippen molar-refractivity contribution in [2.24, 2.45) is 0 Å². The van der Waals surface area contributed by atoms with Crippen molar-refractivity contribution in [2.45, 2.75) is 36.2 Å². The van der Waals surface area contributed by atoms with Crippen LogP contribution in [0.4, 0.5) is 13.2 Å². The van der Waals surface area contributed by atoms with Crippen LogP contribution in [-0.2, 0) is 38.0 Å². The van der Waals surface area contributed by atoms with Crippen molar-refractivity contribution in [1.82, 2.24) is 0 Å². The van der Waals surface area contributed by atoms with Crippen molar-refractivity contribution in [2.75, 3.05) is 13.7 Å². The van der Waals surface area contributed by atoms with Crippen LogP contribution in [0.25, 0.3) is 0 Å². The minimum absolute atomic E-state index is 0.00483. The standard InChI is InChI=1S/C29H25F3O11S/c1-38-28-24(42-27(35)20-15-9-4-10-16-20)23(41-26(34)19-13-7-3-8-14-19)22(43-44(36,37)29(30,31)32)21(40-28)17-39-25(33)18-11-5-2-6-12-18/h2-16,21-24,28H,17H2,1H3/t21-,22+,23+,24-,28+/m1/s1. The number of halogens is 3. The summed E-state index contributed by atoms with van der Waals surface area (Å²) in [5.74, 6) is -3.10. The lowest BCUT2D eigenvalue weighted by molar-refractivity contribution is -0.288. The number of ether oxygens (including phenoxy) is 5. The van der Waals surface area contributed by atoms with Gasteiger partial charge in [0.2, 0.25) is 0 Å². The van der Waals surface area contributed by atoms with Crippen LogP contribution in [0.2, 0.25) is 0 Å². The molecule has 1 fully saturated rings. The van der Waals surface area contributed by atoms with Gasteiger partial charge in [-0.05, 0) is 36.4 Å². The summed E-state index contributed by atoms with van der Waals surface area (Å²) in [7, 11) is -5.29. The molecule has 0 N–H and O–H groups in total. The zero-order valence-corrected chi connectivity index (χ0v) is 23.6. The van der Waals surface area contributed by atoms with E-state index >= 15 is 0 Å². The second-order valence-electron chi connectivity index (χ2n) is 9.18. The normalized spacial score (nSPS) is 22.0. The Morgan fingerprint density at radius 2 is 1.14 bits per heavy atom. The van der Waals surface area contributed by atoms with E-state index < -0.39 is 70.8 Å². The molecule has 0 saturated carbocycles. The number of hydrogen-bond acceptors (Lipinski definition) is 11. The van der Waals surface area contributed by atoms with E-state index in [1.54, 1.807) is 18.2 Å². The summed E-state index contributed by atoms with van der Waals surface area (Å²) in [5, 5.41) is 0. The molecule has 234 valence electrons. The number of hydrogen-bond donors (Lipinski definition) is 0. The van der Waals surface area contributed by atoms with Crippen LogP contribution >= 0.6 is 0 Å². The van der Waals surface area contributed by atoms with Gasteiger partial charge in [0.25, 0.3) is 0 Å². The van der Waals surface area contributed by atoms with Crippen LogP contribution < -0.4 is 0 Å². The van der Waals surface area contributed by atoms with Gasteiger partial charge < -0.3 is 23.7 Å². The lowest BCUT2D eigenvalue weighted by Crippen LogP contribution is -2.63. The van der Waals surface area contributed by atoms with Crippen molar-refractivity contribution in [3.8, 4) is 0 Å². The number of esters is 3. The fourth-order valence-electron chi connectivity index (χ4n) is 4.13. The van der Waals surface area contributed by atoms with Gasteiger partial charge in [-0.2, -0.15) is 21.6 Å². The van der Waals surface area contributed by atoms with Crippen LogP contribution in [0.15, 0.2) is 91.0 Å². The molecule has 4 rings (SSSR count). The molecule has 11 nitrogen and oxygen atoms in total. The summed E-state index contributed by atoms with van der Waals surface area (Å²) in [4.78, 5) is 38.7. The maximum Gasteiger partial charge on any atom is 0.523 e. The van der Waals surface area contributed by atoms with Gasteiger partial charge in [-0.15, -0.1) is 0 Å². The Bertz CT molecular complexity index is 1530. The predicted octanol–water partition coefficient (Wildman–Crippen LogP) is 3.90. The first-order chi connectivity index (χ1) is 20.9. The largest absolute Gasteiger partial charge is 0.523 e. The molecule has 5 atom stereocenters. The minimum atomic E-state index is -6.38. The van der Waals surface area contributed by atoms with Crippen LogP contribution in [0.5, 0.6) is 0 Å². The minimum Gasteiger partial charge on any atom is -0.459 e. The summed E-state index contributed by atoms with van der Waals surface area (Å²) in [6.45, 7) is -0.885. The van der Waals surface area contributed by atoms with Gasteiger partial charge in [-0.1, -0.05) is 54.6 Å². The second kappa shape index (κ2) is 14.0. The number of carbonyl (C=O) groups excluding carboxylic acids is 3. The van der Waals surface area contributed by atoms with Crippen molar-refractivity contribution in [1.29, 1.82) is 0 Å². The van der Waals surface area contributed by atoms with Crippen LogP contribution in [0.3, 0.4) is 0 Å². The highest BCUT2D eigenvalue weighted by Crippen LogP contribution is 2.35. The average molecular weight is 639 g/mol. The summed E-state index contributed by atoms with van der Waals surface area (Å²) < 4.78 is 96.6. The predicted molar refractivity (Wildman–Crippen MR) is 144 cm³/mol. The van der Waals surface area contributed by atoms with E-state index in [0.717, 1.165) is 7.11 Å². The van der Waals surface area contributed by atoms with Crippen molar-refractivity contribution in [3.05, 3.63) is 108 Å². The SMILES string of the molecule is CO[C@H]1O[C@H](COC(=O)c2ccccc2)[C@H](OS(=O)(=O)C(F)(F)F)[C@H](OC(=O)c2ccccc2)[C@H]1OC(=O)c1ccccc1. The van der Waals surface area contributed by atoms with Crippen LogP contribution in [0.1, 0.15) is 31.1 Å². The van der Waals surface area contributed by atoms with Crippen molar-refractivity contribution < 1.29 is 63.8 Å². The van der Waals surface area contributed by atoms with Gasteiger partial charge in [0.15, 0.2) is 18.5 Å². The highest BCUT2D eigenvalue weighted by Gasteiger charge is 2.57. The highest BCUT2D eigenvalue weighted by molar-refractivity contribution is 7.87. The molecule has 1 saturated heterocycles. The third-order valence-electron chi connectivity index (χ3n) is 6.24. The average Bonchev–Trinajstić information content (AvgIpc) is 3.02. The van der Waals surface area contributed by atoms with E-state index in [9.17, 15) is 36.0 Å². The maximum atomic E-state index is 13.5. The molecule has 0 amide bonds. The van der Waals surface area contributed by atoms with E-state index in [2.05, 4.69) is 4.18 Å². The van der Waals surface area contributed by atoms with Gasteiger partial charge in [-0.3, -0.25) is 4.18 Å². The first-order valence-corrected chi connectivity index (χ1v) is 14.2. The highest BCUT2D eigenvalue weighted by atomic mass is 32.2. The molecule has 0 radical (unpaired) electrons. The van der Waals surface area contributed by atoms with Crippen molar-refractivity contribution in [3.63, 3.8) is 0 Å². The quantitative estimate of drug-likeness (QED) is 0.138. The molecule has 0 unspecified atom stereocenters. The summed E-state index contributed by atoms with van der Waals surface area (Å²) in [6, 6.07) is 22.0. The zero-order chi connectivity index (χ0) is 31.9. The number of alkyl halides is 3. The Hall–Kier alpha value is -4.31. The Morgan fingerprint density at radius 3 is 1.57 bits per heavy atom.